The fourth-order valence-electron chi connectivity index (χ4n) is 2.57. The molecule has 1 amide bonds. The highest BCUT2D eigenvalue weighted by Crippen LogP contribution is 2.25. The quantitative estimate of drug-likeness (QED) is 0.698. The molecule has 1 rings (SSSR count). The predicted molar refractivity (Wildman–Crippen MR) is 80.5 cm³/mol. The summed E-state index contributed by atoms with van der Waals surface area (Å²) in [6.45, 7) is 7.91. The Hall–Kier alpha value is -0.320. The van der Waals surface area contributed by atoms with E-state index in [9.17, 15) is 9.90 Å². The van der Waals surface area contributed by atoms with Crippen molar-refractivity contribution < 1.29 is 9.90 Å². The molecule has 0 aliphatic carbocycles. The SMILES string of the molecule is CCC(CC)(CO)CNC(=O)[C@H]1CCN[C@@H](C)C1.Cl. The Morgan fingerprint density at radius 2 is 2.05 bits per heavy atom. The number of nitrogens with one attached hydrogen (secondary N) is 2. The van der Waals surface area contributed by atoms with Crippen LogP contribution in [-0.4, -0.2) is 36.8 Å². The van der Waals surface area contributed by atoms with Gasteiger partial charge in [-0.05, 0) is 39.2 Å². The van der Waals surface area contributed by atoms with Crippen molar-refractivity contribution in [2.75, 3.05) is 19.7 Å². The molecule has 0 spiro atoms. The molecule has 114 valence electrons. The van der Waals surface area contributed by atoms with Crippen molar-refractivity contribution in [1.29, 1.82) is 0 Å². The van der Waals surface area contributed by atoms with Gasteiger partial charge in [0, 0.05) is 23.9 Å². The smallest absolute Gasteiger partial charge is 0.223 e. The highest BCUT2D eigenvalue weighted by Gasteiger charge is 2.29. The first-order chi connectivity index (χ1) is 8.56. The van der Waals surface area contributed by atoms with E-state index in [4.69, 9.17) is 0 Å². The number of hydrogen-bond donors (Lipinski definition) is 3. The summed E-state index contributed by atoms with van der Waals surface area (Å²) >= 11 is 0. The van der Waals surface area contributed by atoms with E-state index < -0.39 is 0 Å². The summed E-state index contributed by atoms with van der Waals surface area (Å²) in [4.78, 5) is 12.1. The fourth-order valence-corrected chi connectivity index (χ4v) is 2.57. The molecule has 4 nitrogen and oxygen atoms in total. The van der Waals surface area contributed by atoms with E-state index in [-0.39, 0.29) is 36.3 Å². The Balaban J connectivity index is 0.00000324. The first-order valence-corrected chi connectivity index (χ1v) is 7.19. The third-order valence-electron chi connectivity index (χ3n) is 4.47. The number of hydrogen-bond acceptors (Lipinski definition) is 3. The van der Waals surface area contributed by atoms with Crippen LogP contribution in [0.4, 0.5) is 0 Å². The molecule has 0 unspecified atom stereocenters. The van der Waals surface area contributed by atoms with E-state index in [1.54, 1.807) is 0 Å². The van der Waals surface area contributed by atoms with Crippen LogP contribution in [0.1, 0.15) is 46.5 Å². The summed E-state index contributed by atoms with van der Waals surface area (Å²) in [7, 11) is 0. The van der Waals surface area contributed by atoms with Crippen molar-refractivity contribution in [2.24, 2.45) is 11.3 Å². The standard InChI is InChI=1S/C14H28N2O2.ClH/c1-4-14(5-2,10-17)9-16-13(18)12-6-7-15-11(3)8-12;/h11-12,15,17H,4-10H2,1-3H3,(H,16,18);1H/t11-,12-;/m0./s1. The van der Waals surface area contributed by atoms with Crippen LogP contribution in [0.25, 0.3) is 0 Å². The monoisotopic (exact) mass is 292 g/mol. The molecule has 0 bridgehead atoms. The summed E-state index contributed by atoms with van der Waals surface area (Å²) in [5, 5.41) is 15.9. The summed E-state index contributed by atoms with van der Waals surface area (Å²) in [5.74, 6) is 0.287. The number of rotatable bonds is 6. The molecule has 1 saturated heterocycles. The largest absolute Gasteiger partial charge is 0.396 e. The lowest BCUT2D eigenvalue weighted by Gasteiger charge is -2.32. The topological polar surface area (TPSA) is 61.4 Å². The van der Waals surface area contributed by atoms with Gasteiger partial charge in [-0.2, -0.15) is 0 Å². The number of aliphatic hydroxyl groups is 1. The Morgan fingerprint density at radius 3 is 2.53 bits per heavy atom. The number of carbonyl (C=O) groups is 1. The highest BCUT2D eigenvalue weighted by molar-refractivity contribution is 5.85. The number of carbonyl (C=O) groups excluding carboxylic acids is 1. The molecule has 1 fully saturated rings. The zero-order valence-electron chi connectivity index (χ0n) is 12.4. The van der Waals surface area contributed by atoms with Gasteiger partial charge in [-0.25, -0.2) is 0 Å². The molecule has 0 aromatic rings. The Kier molecular flexibility index (Phi) is 8.62. The molecule has 0 aromatic carbocycles. The van der Waals surface area contributed by atoms with Gasteiger partial charge in [-0.15, -0.1) is 12.4 Å². The molecule has 3 N–H and O–H groups in total. The molecule has 19 heavy (non-hydrogen) atoms. The Labute approximate surface area is 123 Å². The van der Waals surface area contributed by atoms with Crippen molar-refractivity contribution in [2.45, 2.75) is 52.5 Å². The van der Waals surface area contributed by atoms with E-state index in [1.165, 1.54) is 0 Å². The maximum Gasteiger partial charge on any atom is 0.223 e. The summed E-state index contributed by atoms with van der Waals surface area (Å²) < 4.78 is 0. The van der Waals surface area contributed by atoms with Gasteiger partial charge in [-0.3, -0.25) is 4.79 Å². The normalized spacial score (nSPS) is 23.6. The van der Waals surface area contributed by atoms with Crippen molar-refractivity contribution in [1.82, 2.24) is 10.6 Å². The minimum Gasteiger partial charge on any atom is -0.396 e. The van der Waals surface area contributed by atoms with Crippen LogP contribution in [0.2, 0.25) is 0 Å². The molecule has 0 radical (unpaired) electrons. The minimum absolute atomic E-state index is 0. The lowest BCUT2D eigenvalue weighted by Crippen LogP contribution is -2.46. The van der Waals surface area contributed by atoms with E-state index >= 15 is 0 Å². The average molecular weight is 293 g/mol. The van der Waals surface area contributed by atoms with E-state index in [0.717, 1.165) is 32.2 Å². The van der Waals surface area contributed by atoms with Gasteiger partial charge in [-0.1, -0.05) is 13.8 Å². The molecule has 1 heterocycles. The van der Waals surface area contributed by atoms with Gasteiger partial charge < -0.3 is 15.7 Å². The van der Waals surface area contributed by atoms with E-state index in [0.29, 0.717) is 12.6 Å². The zero-order chi connectivity index (χ0) is 13.6. The average Bonchev–Trinajstić information content (AvgIpc) is 2.40. The van der Waals surface area contributed by atoms with Crippen LogP contribution in [0.3, 0.4) is 0 Å². The highest BCUT2D eigenvalue weighted by atomic mass is 35.5. The van der Waals surface area contributed by atoms with Crippen LogP contribution < -0.4 is 10.6 Å². The van der Waals surface area contributed by atoms with Crippen LogP contribution in [0.15, 0.2) is 0 Å². The van der Waals surface area contributed by atoms with Crippen LogP contribution in [-0.2, 0) is 4.79 Å². The van der Waals surface area contributed by atoms with Gasteiger partial charge in [0.2, 0.25) is 5.91 Å². The second kappa shape index (κ2) is 8.77. The van der Waals surface area contributed by atoms with E-state index in [2.05, 4.69) is 31.4 Å². The lowest BCUT2D eigenvalue weighted by atomic mass is 9.83. The second-order valence-electron chi connectivity index (χ2n) is 5.66. The van der Waals surface area contributed by atoms with Crippen LogP contribution in [0, 0.1) is 11.3 Å². The van der Waals surface area contributed by atoms with Crippen molar-refractivity contribution >= 4 is 18.3 Å². The first-order valence-electron chi connectivity index (χ1n) is 7.19. The Bertz CT molecular complexity index is 262. The maximum atomic E-state index is 12.1. The van der Waals surface area contributed by atoms with Gasteiger partial charge in [0.25, 0.3) is 0 Å². The predicted octanol–water partition coefficient (Wildman–Crippen LogP) is 1.71. The molecule has 1 aliphatic rings. The fraction of sp³-hybridized carbons (Fsp3) is 0.929. The van der Waals surface area contributed by atoms with Crippen molar-refractivity contribution in [3.8, 4) is 0 Å². The third-order valence-corrected chi connectivity index (χ3v) is 4.47. The van der Waals surface area contributed by atoms with Gasteiger partial charge >= 0.3 is 0 Å². The summed E-state index contributed by atoms with van der Waals surface area (Å²) in [5.41, 5.74) is -0.145. The molecule has 5 heteroatoms. The Morgan fingerprint density at radius 1 is 1.42 bits per heavy atom. The zero-order valence-corrected chi connectivity index (χ0v) is 13.2. The third kappa shape index (κ3) is 5.28. The molecule has 1 aliphatic heterocycles. The maximum absolute atomic E-state index is 12.1. The molecular weight excluding hydrogens is 264 g/mol. The lowest BCUT2D eigenvalue weighted by molar-refractivity contribution is -0.126. The number of aliphatic hydroxyl groups excluding tert-OH is 1. The van der Waals surface area contributed by atoms with Crippen LogP contribution >= 0.6 is 12.4 Å². The molecule has 2 atom stereocenters. The van der Waals surface area contributed by atoms with Gasteiger partial charge in [0.15, 0.2) is 0 Å². The van der Waals surface area contributed by atoms with Crippen molar-refractivity contribution in [3.63, 3.8) is 0 Å². The van der Waals surface area contributed by atoms with Gasteiger partial charge in [0.1, 0.15) is 0 Å². The summed E-state index contributed by atoms with van der Waals surface area (Å²) in [6.07, 6.45) is 3.61. The molecular formula is C14H29ClN2O2. The molecule has 0 saturated carbocycles. The van der Waals surface area contributed by atoms with Gasteiger partial charge in [0.05, 0.1) is 6.61 Å². The number of halogens is 1. The van der Waals surface area contributed by atoms with E-state index in [1.807, 2.05) is 0 Å². The number of piperidine rings is 1. The van der Waals surface area contributed by atoms with Crippen molar-refractivity contribution in [3.05, 3.63) is 0 Å². The first kappa shape index (κ1) is 18.7. The molecule has 0 aromatic heterocycles. The number of amides is 1. The van der Waals surface area contributed by atoms with Crippen LogP contribution in [0.5, 0.6) is 0 Å². The second-order valence-corrected chi connectivity index (χ2v) is 5.66. The summed E-state index contributed by atoms with van der Waals surface area (Å²) in [6, 6.07) is 0.425. The minimum atomic E-state index is -0.145.